The van der Waals surface area contributed by atoms with Gasteiger partial charge in [-0.3, -0.25) is 4.79 Å². The zero-order valence-corrected chi connectivity index (χ0v) is 6.72. The van der Waals surface area contributed by atoms with Gasteiger partial charge < -0.3 is 4.74 Å². The molecule has 0 amide bonds. The van der Waals surface area contributed by atoms with Crippen molar-refractivity contribution in [1.29, 1.82) is 0 Å². The lowest BCUT2D eigenvalue weighted by atomic mass is 10.1. The Morgan fingerprint density at radius 3 is 2.77 bits per heavy atom. The van der Waals surface area contributed by atoms with Gasteiger partial charge in [-0.2, -0.15) is 0 Å². The molecule has 0 aliphatic rings. The van der Waals surface area contributed by atoms with Crippen molar-refractivity contribution in [2.45, 2.75) is 6.85 Å². The third-order valence-corrected chi connectivity index (χ3v) is 1.29. The molecule has 0 bridgehead atoms. The molecule has 0 spiro atoms. The van der Waals surface area contributed by atoms with Gasteiger partial charge in [0.1, 0.15) is 0 Å². The lowest BCUT2D eigenvalue weighted by molar-refractivity contribution is -0.135. The second-order valence-corrected chi connectivity index (χ2v) is 2.07. The highest BCUT2D eigenvalue weighted by Crippen LogP contribution is 2.08. The number of hydrogen-bond acceptors (Lipinski definition) is 3. The van der Waals surface area contributed by atoms with Crippen LogP contribution in [0.1, 0.15) is 25.5 Å². The van der Waals surface area contributed by atoms with Gasteiger partial charge in [-0.25, -0.2) is 4.79 Å². The highest BCUT2D eigenvalue weighted by molar-refractivity contribution is 6.40. The van der Waals surface area contributed by atoms with Crippen molar-refractivity contribution in [2.75, 3.05) is 7.11 Å². The maximum atomic E-state index is 11.8. The lowest BCUT2D eigenvalue weighted by Gasteiger charge is -2.01. The van der Waals surface area contributed by atoms with E-state index in [2.05, 4.69) is 4.74 Å². The molecule has 1 aromatic rings. The molecule has 0 aliphatic carbocycles. The molecule has 0 fully saturated rings. The first-order valence-corrected chi connectivity index (χ1v) is 3.27. The molecule has 3 heteroatoms. The van der Waals surface area contributed by atoms with Crippen LogP contribution in [-0.2, 0) is 9.53 Å². The van der Waals surface area contributed by atoms with E-state index in [1.807, 2.05) is 0 Å². The van der Waals surface area contributed by atoms with E-state index < -0.39 is 53.9 Å². The summed E-state index contributed by atoms with van der Waals surface area (Å²) < 4.78 is 56.1. The summed E-state index contributed by atoms with van der Waals surface area (Å²) in [6.07, 6.45) is 0. The first kappa shape index (κ1) is 3.62. The average Bonchev–Trinajstić information content (AvgIpc) is 2.36. The van der Waals surface area contributed by atoms with Crippen molar-refractivity contribution >= 4 is 11.8 Å². The molecule has 0 radical (unpaired) electrons. The minimum absolute atomic E-state index is 0.789. The topological polar surface area (TPSA) is 43.4 Å². The van der Waals surface area contributed by atoms with Crippen LogP contribution in [0.25, 0.3) is 0 Å². The van der Waals surface area contributed by atoms with E-state index in [0.717, 1.165) is 7.11 Å². The van der Waals surface area contributed by atoms with Crippen LogP contribution in [0.15, 0.2) is 24.2 Å². The molecule has 0 saturated heterocycles. The Morgan fingerprint density at radius 2 is 2.15 bits per heavy atom. The van der Waals surface area contributed by atoms with Gasteiger partial charge in [0.05, 0.1) is 12.6 Å². The van der Waals surface area contributed by atoms with Crippen LogP contribution in [0.3, 0.4) is 0 Å². The predicted octanol–water partition coefficient (Wildman–Crippen LogP) is 1.35. The van der Waals surface area contributed by atoms with E-state index in [-0.39, 0.29) is 0 Å². The number of carbonyl (C=O) groups is 2. The summed E-state index contributed by atoms with van der Waals surface area (Å²) in [5.41, 5.74) is -1.78. The van der Waals surface area contributed by atoms with E-state index in [0.29, 0.717) is 0 Å². The van der Waals surface area contributed by atoms with Gasteiger partial charge in [-0.1, -0.05) is 24.2 Å². The molecule has 3 nitrogen and oxygen atoms in total. The lowest BCUT2D eigenvalue weighted by Crippen LogP contribution is -2.16. The summed E-state index contributed by atoms with van der Waals surface area (Å²) in [6.45, 7) is -2.98. The summed E-state index contributed by atoms with van der Waals surface area (Å²) in [6, 6.07) is -3.34. The average molecular weight is 185 g/mol. The highest BCUT2D eigenvalue weighted by Gasteiger charge is 2.17. The molecule has 0 heterocycles. The van der Waals surface area contributed by atoms with Crippen LogP contribution in [0.4, 0.5) is 0 Å². The number of esters is 1. The smallest absolute Gasteiger partial charge is 0.379 e. The SMILES string of the molecule is [2H]c1c([2H])c([2H])c(C([2H])([2H])[2H])c(C(=O)C(=O)OC)c1[2H]. The Morgan fingerprint density at radius 1 is 1.46 bits per heavy atom. The van der Waals surface area contributed by atoms with Gasteiger partial charge in [-0.15, -0.1) is 0 Å². The maximum absolute atomic E-state index is 11.8. The van der Waals surface area contributed by atoms with Crippen LogP contribution in [0, 0.1) is 6.85 Å². The molecule has 1 rings (SSSR count). The van der Waals surface area contributed by atoms with E-state index in [9.17, 15) is 9.59 Å². The fourth-order valence-corrected chi connectivity index (χ4v) is 0.678. The minimum Gasteiger partial charge on any atom is -0.463 e. The summed E-state index contributed by atoms with van der Waals surface area (Å²) in [5.74, 6) is -2.83. The third kappa shape index (κ3) is 1.93. The second-order valence-electron chi connectivity index (χ2n) is 2.07. The van der Waals surface area contributed by atoms with Gasteiger partial charge >= 0.3 is 5.97 Å². The number of benzene rings is 1. The first-order valence-electron chi connectivity index (χ1n) is 6.77. The molecule has 68 valence electrons. The summed E-state index contributed by atoms with van der Waals surface area (Å²) in [5, 5.41) is 0. The number of rotatable bonds is 2. The molecule has 0 aliphatic heterocycles. The zero-order valence-electron chi connectivity index (χ0n) is 13.7. The van der Waals surface area contributed by atoms with Crippen LogP contribution >= 0.6 is 0 Å². The van der Waals surface area contributed by atoms with E-state index in [1.165, 1.54) is 0 Å². The van der Waals surface area contributed by atoms with Gasteiger partial charge in [0.15, 0.2) is 0 Å². The molecule has 13 heavy (non-hydrogen) atoms. The van der Waals surface area contributed by atoms with Crippen molar-refractivity contribution in [2.24, 2.45) is 0 Å². The molecule has 0 N–H and O–H groups in total. The molecular weight excluding hydrogens is 168 g/mol. The third-order valence-electron chi connectivity index (χ3n) is 1.29. The van der Waals surface area contributed by atoms with Gasteiger partial charge in [0.25, 0.3) is 5.78 Å². The summed E-state index contributed by atoms with van der Waals surface area (Å²) >= 11 is 0. The van der Waals surface area contributed by atoms with Crippen molar-refractivity contribution in [1.82, 2.24) is 0 Å². The summed E-state index contributed by atoms with van der Waals surface area (Å²) in [4.78, 5) is 23.1. The first-order chi connectivity index (χ1) is 9.03. The number of ether oxygens (including phenoxy) is 1. The fraction of sp³-hybridized carbons (Fsp3) is 0.200. The Bertz CT molecular complexity index is 592. The van der Waals surface area contributed by atoms with E-state index in [1.54, 1.807) is 0 Å². The van der Waals surface area contributed by atoms with Gasteiger partial charge in [-0.05, 0) is 12.4 Å². The molecule has 1 aromatic carbocycles. The predicted molar refractivity (Wildman–Crippen MR) is 47.5 cm³/mol. The molecule has 0 saturated carbocycles. The number of Topliss-reactive ketones (excluding diaryl/α,β-unsaturated/α-hetero) is 1. The van der Waals surface area contributed by atoms with Gasteiger partial charge in [0.2, 0.25) is 0 Å². The van der Waals surface area contributed by atoms with Crippen LogP contribution in [-0.4, -0.2) is 18.9 Å². The van der Waals surface area contributed by atoms with Gasteiger partial charge in [0, 0.05) is 9.68 Å². The largest absolute Gasteiger partial charge is 0.463 e. The Balaban J connectivity index is 3.82. The normalized spacial score (nSPS) is 18.1. The molecule has 0 unspecified atom stereocenters. The maximum Gasteiger partial charge on any atom is 0.379 e. The van der Waals surface area contributed by atoms with Crippen LogP contribution < -0.4 is 0 Å². The number of ketones is 1. The van der Waals surface area contributed by atoms with E-state index in [4.69, 9.17) is 9.60 Å². The monoisotopic (exact) mass is 185 g/mol. The standard InChI is InChI=1S/C10H10O3/c1-7-5-3-4-6-8(7)9(11)10(12)13-2/h3-6H,1-2H3/i1D3,3D,4D,5D,6D. The molecule has 0 aromatic heterocycles. The number of hydrogen-bond donors (Lipinski definition) is 0. The molecule has 0 atom stereocenters. The Labute approximate surface area is 86.2 Å². The van der Waals surface area contributed by atoms with Crippen LogP contribution in [0.5, 0.6) is 0 Å². The number of methoxy groups -OCH3 is 1. The Kier molecular flexibility index (Phi) is 1.07. The molecular formula is C10H10O3. The highest BCUT2D eigenvalue weighted by atomic mass is 16.5. The van der Waals surface area contributed by atoms with Crippen molar-refractivity contribution < 1.29 is 23.9 Å². The zero-order chi connectivity index (χ0) is 15.8. The fourth-order valence-electron chi connectivity index (χ4n) is 0.678. The number of carbonyl (C=O) groups excluding carboxylic acids is 2. The van der Waals surface area contributed by atoms with Crippen LogP contribution in [0.2, 0.25) is 0 Å². The minimum atomic E-state index is -2.98. The van der Waals surface area contributed by atoms with E-state index >= 15 is 0 Å². The Hall–Kier alpha value is -1.64. The van der Waals surface area contributed by atoms with Crippen molar-refractivity contribution in [3.05, 3.63) is 35.3 Å². The summed E-state index contributed by atoms with van der Waals surface area (Å²) in [7, 11) is 0.904. The second kappa shape index (κ2) is 3.85. The van der Waals surface area contributed by atoms with Crippen molar-refractivity contribution in [3.8, 4) is 0 Å². The van der Waals surface area contributed by atoms with Crippen molar-refractivity contribution in [3.63, 3.8) is 0 Å². The quantitative estimate of drug-likeness (QED) is 0.397.